The van der Waals surface area contributed by atoms with E-state index in [1.807, 2.05) is 0 Å². The number of hydrogen-bond donors (Lipinski definition) is 1. The molecule has 0 saturated carbocycles. The molecule has 0 heterocycles. The van der Waals surface area contributed by atoms with Crippen LogP contribution in [0.4, 0.5) is 0 Å². The first-order valence-corrected chi connectivity index (χ1v) is 6.91. The van der Waals surface area contributed by atoms with Crippen LogP contribution in [0.3, 0.4) is 0 Å². The molecule has 110 valence electrons. The van der Waals surface area contributed by atoms with Crippen molar-refractivity contribution in [1.82, 2.24) is 4.90 Å². The Labute approximate surface area is 130 Å². The van der Waals surface area contributed by atoms with Crippen molar-refractivity contribution in [3.05, 3.63) is 27.7 Å². The van der Waals surface area contributed by atoms with E-state index in [1.54, 1.807) is 18.2 Å². The third-order valence-corrected chi connectivity index (χ3v) is 3.84. The lowest BCUT2D eigenvalue weighted by atomic mass is 10.0. The molecule has 1 aromatic rings. The van der Waals surface area contributed by atoms with Gasteiger partial charge in [-0.15, -0.1) is 0 Å². The average molecular weight is 365 g/mol. The van der Waals surface area contributed by atoms with Crippen molar-refractivity contribution in [3.8, 4) is 5.75 Å². The van der Waals surface area contributed by atoms with E-state index in [4.69, 9.17) is 21.4 Å². The lowest BCUT2D eigenvalue weighted by Crippen LogP contribution is -2.52. The van der Waals surface area contributed by atoms with Crippen LogP contribution in [0.2, 0.25) is 5.02 Å². The smallest absolute Gasteiger partial charge is 0.329 e. The molecule has 0 saturated heterocycles. The summed E-state index contributed by atoms with van der Waals surface area (Å²) in [5.41, 5.74) is -1.29. The number of ether oxygens (including phenoxy) is 1. The quantitative estimate of drug-likeness (QED) is 0.872. The third kappa shape index (κ3) is 3.86. The number of benzene rings is 1. The summed E-state index contributed by atoms with van der Waals surface area (Å²) in [6, 6.07) is 4.91. The van der Waals surface area contributed by atoms with Crippen molar-refractivity contribution in [1.29, 1.82) is 0 Å². The van der Waals surface area contributed by atoms with Gasteiger partial charge in [0.15, 0.2) is 6.61 Å². The monoisotopic (exact) mass is 363 g/mol. The maximum absolute atomic E-state index is 11.9. The summed E-state index contributed by atoms with van der Waals surface area (Å²) in [4.78, 5) is 24.2. The van der Waals surface area contributed by atoms with Crippen molar-refractivity contribution in [2.24, 2.45) is 0 Å². The van der Waals surface area contributed by atoms with Gasteiger partial charge in [0.05, 0.1) is 4.47 Å². The minimum atomic E-state index is -1.29. The molecular formula is C13H15BrClNO4. The summed E-state index contributed by atoms with van der Waals surface area (Å²) in [5, 5.41) is 9.60. The first kappa shape index (κ1) is 16.8. The van der Waals surface area contributed by atoms with Gasteiger partial charge in [-0.25, -0.2) is 4.79 Å². The highest BCUT2D eigenvalue weighted by molar-refractivity contribution is 9.10. The van der Waals surface area contributed by atoms with Crippen LogP contribution in [0.25, 0.3) is 0 Å². The lowest BCUT2D eigenvalue weighted by Gasteiger charge is -2.31. The second kappa shape index (κ2) is 6.45. The zero-order valence-corrected chi connectivity index (χ0v) is 13.7. The van der Waals surface area contributed by atoms with Gasteiger partial charge in [0, 0.05) is 12.1 Å². The standard InChI is InChI=1S/C13H15BrClNO4/c1-13(2,12(18)19)16(3)11(17)7-20-10-5-4-8(15)6-9(10)14/h4-6H,7H2,1-3H3,(H,18,19). The van der Waals surface area contributed by atoms with Crippen LogP contribution in [0.15, 0.2) is 22.7 Å². The summed E-state index contributed by atoms with van der Waals surface area (Å²) >= 11 is 9.07. The van der Waals surface area contributed by atoms with Crippen LogP contribution in [0, 0.1) is 0 Å². The second-order valence-electron chi connectivity index (χ2n) is 4.68. The van der Waals surface area contributed by atoms with Gasteiger partial charge in [-0.3, -0.25) is 4.79 Å². The van der Waals surface area contributed by atoms with Gasteiger partial charge in [0.25, 0.3) is 5.91 Å². The first-order chi connectivity index (χ1) is 9.16. The maximum Gasteiger partial charge on any atom is 0.329 e. The summed E-state index contributed by atoms with van der Waals surface area (Å²) < 4.78 is 5.98. The molecule has 0 bridgehead atoms. The number of carboxylic acid groups (broad SMARTS) is 1. The molecule has 5 nitrogen and oxygen atoms in total. The van der Waals surface area contributed by atoms with E-state index in [2.05, 4.69) is 15.9 Å². The van der Waals surface area contributed by atoms with Gasteiger partial charge in [-0.05, 0) is 48.0 Å². The fourth-order valence-electron chi connectivity index (χ4n) is 1.28. The summed E-state index contributed by atoms with van der Waals surface area (Å²) in [5.74, 6) is -1.05. The van der Waals surface area contributed by atoms with Crippen LogP contribution < -0.4 is 4.74 Å². The number of rotatable bonds is 5. The fourth-order valence-corrected chi connectivity index (χ4v) is 2.08. The van der Waals surface area contributed by atoms with Gasteiger partial charge >= 0.3 is 5.97 Å². The van der Waals surface area contributed by atoms with E-state index >= 15 is 0 Å². The summed E-state index contributed by atoms with van der Waals surface area (Å²) in [7, 11) is 1.43. The van der Waals surface area contributed by atoms with E-state index in [0.29, 0.717) is 15.2 Å². The van der Waals surface area contributed by atoms with Crippen LogP contribution >= 0.6 is 27.5 Å². The maximum atomic E-state index is 11.9. The molecule has 0 aromatic heterocycles. The Kier molecular flexibility index (Phi) is 5.42. The lowest BCUT2D eigenvalue weighted by molar-refractivity contribution is -0.156. The van der Waals surface area contributed by atoms with Gasteiger partial charge in [0.2, 0.25) is 0 Å². The molecule has 0 unspecified atom stereocenters. The number of hydrogen-bond acceptors (Lipinski definition) is 3. The minimum absolute atomic E-state index is 0.257. The second-order valence-corrected chi connectivity index (χ2v) is 5.97. The number of likely N-dealkylation sites (N-methyl/N-ethyl adjacent to an activating group) is 1. The number of nitrogens with zero attached hydrogens (tertiary/aromatic N) is 1. The van der Waals surface area contributed by atoms with E-state index in [1.165, 1.54) is 20.9 Å². The number of amides is 1. The van der Waals surface area contributed by atoms with Gasteiger partial charge in [-0.1, -0.05) is 11.6 Å². The number of carbonyl (C=O) groups excluding carboxylic acids is 1. The molecule has 20 heavy (non-hydrogen) atoms. The normalized spacial score (nSPS) is 11.1. The molecule has 0 spiro atoms. The van der Waals surface area contributed by atoms with E-state index in [0.717, 1.165) is 4.90 Å². The number of carbonyl (C=O) groups is 2. The molecule has 7 heteroatoms. The Balaban J connectivity index is 2.70. The van der Waals surface area contributed by atoms with Crippen LogP contribution in [-0.4, -0.2) is 41.1 Å². The Morgan fingerprint density at radius 3 is 2.55 bits per heavy atom. The Bertz CT molecular complexity index is 533. The molecular weight excluding hydrogens is 350 g/mol. The van der Waals surface area contributed by atoms with Crippen molar-refractivity contribution < 1.29 is 19.4 Å². The number of aliphatic carboxylic acids is 1. The molecule has 0 radical (unpaired) electrons. The SMILES string of the molecule is CN(C(=O)COc1ccc(Cl)cc1Br)C(C)(C)C(=O)O. The van der Waals surface area contributed by atoms with Crippen molar-refractivity contribution in [3.63, 3.8) is 0 Å². The molecule has 0 aliphatic carbocycles. The molecule has 0 atom stereocenters. The number of carboxylic acids is 1. The van der Waals surface area contributed by atoms with Gasteiger partial charge < -0.3 is 14.7 Å². The average Bonchev–Trinajstić information content (AvgIpc) is 2.36. The highest BCUT2D eigenvalue weighted by Gasteiger charge is 2.35. The molecule has 1 rings (SSSR count). The predicted molar refractivity (Wildman–Crippen MR) is 79.1 cm³/mol. The van der Waals surface area contributed by atoms with Gasteiger partial charge in [-0.2, -0.15) is 0 Å². The largest absolute Gasteiger partial charge is 0.483 e. The van der Waals surface area contributed by atoms with Crippen molar-refractivity contribution in [2.45, 2.75) is 19.4 Å². The van der Waals surface area contributed by atoms with Crippen LogP contribution in [-0.2, 0) is 9.59 Å². The highest BCUT2D eigenvalue weighted by atomic mass is 79.9. The van der Waals surface area contributed by atoms with E-state index < -0.39 is 17.4 Å². The van der Waals surface area contributed by atoms with Crippen molar-refractivity contribution >= 4 is 39.4 Å². The van der Waals surface area contributed by atoms with Crippen LogP contribution in [0.5, 0.6) is 5.75 Å². The Morgan fingerprint density at radius 1 is 1.45 bits per heavy atom. The van der Waals surface area contributed by atoms with Gasteiger partial charge in [0.1, 0.15) is 11.3 Å². The molecule has 1 N–H and O–H groups in total. The molecule has 0 fully saturated rings. The predicted octanol–water partition coefficient (Wildman–Crippen LogP) is 2.80. The van der Waals surface area contributed by atoms with Crippen LogP contribution in [0.1, 0.15) is 13.8 Å². The Hall–Kier alpha value is -1.27. The van der Waals surface area contributed by atoms with E-state index in [9.17, 15) is 9.59 Å². The minimum Gasteiger partial charge on any atom is -0.483 e. The Morgan fingerprint density at radius 2 is 2.05 bits per heavy atom. The van der Waals surface area contributed by atoms with Crippen molar-refractivity contribution in [2.75, 3.05) is 13.7 Å². The molecule has 0 aliphatic rings. The third-order valence-electron chi connectivity index (χ3n) is 2.98. The molecule has 0 aliphatic heterocycles. The first-order valence-electron chi connectivity index (χ1n) is 5.74. The summed E-state index contributed by atoms with van der Waals surface area (Å²) in [6.45, 7) is 2.64. The zero-order chi connectivity index (χ0) is 15.5. The molecule has 1 amide bonds. The topological polar surface area (TPSA) is 66.8 Å². The highest BCUT2D eigenvalue weighted by Crippen LogP contribution is 2.28. The number of halogens is 2. The zero-order valence-electron chi connectivity index (χ0n) is 11.3. The summed E-state index contributed by atoms with van der Waals surface area (Å²) in [6.07, 6.45) is 0. The molecule has 1 aromatic carbocycles. The van der Waals surface area contributed by atoms with E-state index in [-0.39, 0.29) is 6.61 Å². The fraction of sp³-hybridized carbons (Fsp3) is 0.385.